The zero-order valence-electron chi connectivity index (χ0n) is 13.7. The van der Waals surface area contributed by atoms with Crippen molar-refractivity contribution in [2.75, 3.05) is 12.0 Å². The average Bonchev–Trinajstić information content (AvgIpc) is 3.06. The molecule has 0 fully saturated rings. The Morgan fingerprint density at radius 3 is 2.75 bits per heavy atom. The van der Waals surface area contributed by atoms with Crippen LogP contribution in [0.3, 0.4) is 0 Å². The normalized spacial score (nSPS) is 16.4. The Bertz CT molecular complexity index is 920. The molecular formula is C20H19N3O. The first kappa shape index (κ1) is 14.6. The van der Waals surface area contributed by atoms with Crippen molar-refractivity contribution in [2.24, 2.45) is 0 Å². The van der Waals surface area contributed by atoms with Gasteiger partial charge < -0.3 is 15.0 Å². The van der Waals surface area contributed by atoms with Crippen LogP contribution < -0.4 is 15.0 Å². The lowest BCUT2D eigenvalue weighted by molar-refractivity contribution is 0.416. The van der Waals surface area contributed by atoms with E-state index in [1.165, 1.54) is 0 Å². The number of hydrogen-bond donors (Lipinski definition) is 1. The Balaban J connectivity index is 1.76. The van der Waals surface area contributed by atoms with Crippen LogP contribution in [0.2, 0.25) is 0 Å². The monoisotopic (exact) mass is 317 g/mol. The summed E-state index contributed by atoms with van der Waals surface area (Å²) < 4.78 is 5.45. The number of pyridine rings is 1. The van der Waals surface area contributed by atoms with E-state index < -0.39 is 0 Å². The third kappa shape index (κ3) is 2.46. The number of anilines is 1. The Kier molecular flexibility index (Phi) is 3.58. The third-order valence-corrected chi connectivity index (χ3v) is 4.34. The van der Waals surface area contributed by atoms with Gasteiger partial charge in [0.05, 0.1) is 24.5 Å². The van der Waals surface area contributed by atoms with Crippen LogP contribution in [0.15, 0.2) is 67.0 Å². The molecule has 24 heavy (non-hydrogen) atoms. The number of rotatable bonds is 3. The van der Waals surface area contributed by atoms with Gasteiger partial charge in [-0.2, -0.15) is 0 Å². The first-order chi connectivity index (χ1) is 11.8. The van der Waals surface area contributed by atoms with E-state index in [2.05, 4.69) is 47.6 Å². The van der Waals surface area contributed by atoms with Crippen molar-refractivity contribution < 1.29 is 4.74 Å². The Labute approximate surface area is 141 Å². The molecule has 2 heterocycles. The molecule has 2 aromatic carbocycles. The van der Waals surface area contributed by atoms with Crippen LogP contribution in [-0.4, -0.2) is 18.3 Å². The second-order valence-corrected chi connectivity index (χ2v) is 5.84. The van der Waals surface area contributed by atoms with Crippen molar-refractivity contribution in [3.05, 3.63) is 67.0 Å². The fourth-order valence-electron chi connectivity index (χ4n) is 3.06. The maximum absolute atomic E-state index is 5.45. The van der Waals surface area contributed by atoms with E-state index in [4.69, 9.17) is 9.72 Å². The van der Waals surface area contributed by atoms with Crippen molar-refractivity contribution in [2.45, 2.75) is 13.1 Å². The lowest BCUT2D eigenvalue weighted by atomic mass is 10.1. The molecule has 0 saturated carbocycles. The molecule has 1 N–H and O–H groups in total. The molecule has 3 aromatic rings. The molecule has 4 heteroatoms. The van der Waals surface area contributed by atoms with E-state index in [-0.39, 0.29) is 6.17 Å². The number of para-hydroxylation sites is 1. The van der Waals surface area contributed by atoms with Gasteiger partial charge in [-0.15, -0.1) is 0 Å². The summed E-state index contributed by atoms with van der Waals surface area (Å²) in [5.41, 5.74) is 4.06. The molecule has 0 amide bonds. The number of hydrogen-bond acceptors (Lipinski definition) is 4. The molecule has 4 rings (SSSR count). The van der Waals surface area contributed by atoms with Crippen molar-refractivity contribution in [1.82, 2.24) is 10.3 Å². The van der Waals surface area contributed by atoms with Crippen LogP contribution in [0.25, 0.3) is 22.2 Å². The Hall–Kier alpha value is -3.01. The zero-order valence-corrected chi connectivity index (χ0v) is 13.7. The van der Waals surface area contributed by atoms with E-state index >= 15 is 0 Å². The van der Waals surface area contributed by atoms with Gasteiger partial charge in [0.25, 0.3) is 0 Å². The van der Waals surface area contributed by atoms with Crippen molar-refractivity contribution >= 4 is 16.6 Å². The summed E-state index contributed by atoms with van der Waals surface area (Å²) in [5, 5.41) is 4.40. The van der Waals surface area contributed by atoms with Crippen LogP contribution >= 0.6 is 0 Å². The van der Waals surface area contributed by atoms with Gasteiger partial charge in [0.15, 0.2) is 0 Å². The molecule has 0 saturated heterocycles. The molecule has 0 radical (unpaired) electrons. The van der Waals surface area contributed by atoms with Crippen LogP contribution in [0.1, 0.15) is 6.92 Å². The number of methoxy groups -OCH3 is 1. The summed E-state index contributed by atoms with van der Waals surface area (Å²) in [4.78, 5) is 7.01. The summed E-state index contributed by atoms with van der Waals surface area (Å²) >= 11 is 0. The third-order valence-electron chi connectivity index (χ3n) is 4.34. The van der Waals surface area contributed by atoms with Gasteiger partial charge in [0.1, 0.15) is 5.75 Å². The lowest BCUT2D eigenvalue weighted by Crippen LogP contribution is -2.31. The maximum atomic E-state index is 5.45. The summed E-state index contributed by atoms with van der Waals surface area (Å²) in [6, 6.07) is 18.5. The first-order valence-corrected chi connectivity index (χ1v) is 8.01. The lowest BCUT2D eigenvalue weighted by Gasteiger charge is -2.22. The molecule has 0 bridgehead atoms. The van der Waals surface area contributed by atoms with Crippen LogP contribution in [0.5, 0.6) is 5.75 Å². The van der Waals surface area contributed by atoms with Crippen molar-refractivity contribution in [3.8, 4) is 17.0 Å². The van der Waals surface area contributed by atoms with E-state index in [1.54, 1.807) is 7.11 Å². The van der Waals surface area contributed by atoms with Gasteiger partial charge in [-0.25, -0.2) is 4.98 Å². The van der Waals surface area contributed by atoms with Gasteiger partial charge in [0, 0.05) is 29.0 Å². The molecule has 1 aliphatic rings. The molecule has 1 aliphatic heterocycles. The minimum absolute atomic E-state index is 0.267. The summed E-state index contributed by atoms with van der Waals surface area (Å²) in [6.45, 7) is 2.13. The Morgan fingerprint density at radius 1 is 1.08 bits per heavy atom. The molecule has 0 spiro atoms. The fraction of sp³-hybridized carbons (Fsp3) is 0.150. The summed E-state index contributed by atoms with van der Waals surface area (Å²) in [7, 11) is 1.69. The summed E-state index contributed by atoms with van der Waals surface area (Å²) in [6.07, 6.45) is 4.30. The van der Waals surface area contributed by atoms with Gasteiger partial charge in [-0.05, 0) is 43.3 Å². The van der Waals surface area contributed by atoms with Gasteiger partial charge in [-0.1, -0.05) is 18.2 Å². The molecule has 1 aromatic heterocycles. The number of benzene rings is 2. The zero-order chi connectivity index (χ0) is 16.5. The van der Waals surface area contributed by atoms with E-state index in [9.17, 15) is 0 Å². The van der Waals surface area contributed by atoms with Crippen LogP contribution in [0, 0.1) is 0 Å². The Morgan fingerprint density at radius 2 is 1.96 bits per heavy atom. The van der Waals surface area contributed by atoms with Gasteiger partial charge in [0.2, 0.25) is 0 Å². The smallest absolute Gasteiger partial charge is 0.128 e. The predicted octanol–water partition coefficient (Wildman–Crippen LogP) is 4.14. The van der Waals surface area contributed by atoms with E-state index in [1.807, 2.05) is 36.5 Å². The molecule has 1 atom stereocenters. The molecule has 120 valence electrons. The molecule has 4 nitrogen and oxygen atoms in total. The number of aromatic nitrogens is 1. The highest BCUT2D eigenvalue weighted by molar-refractivity contribution is 5.85. The maximum Gasteiger partial charge on any atom is 0.128 e. The largest absolute Gasteiger partial charge is 0.496 e. The molecular weight excluding hydrogens is 298 g/mol. The molecule has 0 aliphatic carbocycles. The number of nitrogens with one attached hydrogen (secondary N) is 1. The number of ether oxygens (including phenoxy) is 1. The topological polar surface area (TPSA) is 37.4 Å². The van der Waals surface area contributed by atoms with Crippen LogP contribution in [0.4, 0.5) is 5.69 Å². The minimum atomic E-state index is 0.267. The second-order valence-electron chi connectivity index (χ2n) is 5.84. The highest BCUT2D eigenvalue weighted by atomic mass is 16.5. The van der Waals surface area contributed by atoms with Crippen LogP contribution in [-0.2, 0) is 0 Å². The van der Waals surface area contributed by atoms with Gasteiger partial charge >= 0.3 is 0 Å². The van der Waals surface area contributed by atoms with Gasteiger partial charge in [-0.3, -0.25) is 0 Å². The molecule has 1 unspecified atom stereocenters. The highest BCUT2D eigenvalue weighted by Crippen LogP contribution is 2.31. The standard InChI is InChI=1S/C20H19N3O/c1-14-21-11-12-23(14)16-8-10-18-15(13-16)7-9-19(22-18)17-5-3-4-6-20(17)24-2/h3-14,21H,1-2H3. The van der Waals surface area contributed by atoms with E-state index in [0.29, 0.717) is 0 Å². The van der Waals surface area contributed by atoms with E-state index in [0.717, 1.165) is 33.6 Å². The number of fused-ring (bicyclic) bond motifs is 1. The quantitative estimate of drug-likeness (QED) is 0.788. The first-order valence-electron chi connectivity index (χ1n) is 8.01. The second kappa shape index (κ2) is 5.89. The minimum Gasteiger partial charge on any atom is -0.496 e. The van der Waals surface area contributed by atoms with Crippen molar-refractivity contribution in [3.63, 3.8) is 0 Å². The SMILES string of the molecule is COc1ccccc1-c1ccc2cc(N3C=CNC3C)ccc2n1. The summed E-state index contributed by atoms with van der Waals surface area (Å²) in [5.74, 6) is 0.836. The number of nitrogens with zero attached hydrogens (tertiary/aromatic N) is 2. The average molecular weight is 317 g/mol. The van der Waals surface area contributed by atoms with Crippen molar-refractivity contribution in [1.29, 1.82) is 0 Å². The highest BCUT2D eigenvalue weighted by Gasteiger charge is 2.15. The fourth-order valence-corrected chi connectivity index (χ4v) is 3.06. The predicted molar refractivity (Wildman–Crippen MR) is 97.9 cm³/mol.